The van der Waals surface area contributed by atoms with Crippen molar-refractivity contribution < 1.29 is 9.59 Å². The molecule has 112 valence electrons. The van der Waals surface area contributed by atoms with E-state index in [4.69, 9.17) is 0 Å². The maximum absolute atomic E-state index is 12.2. The summed E-state index contributed by atoms with van der Waals surface area (Å²) < 4.78 is 0. The average Bonchev–Trinajstić information content (AvgIpc) is 2.94. The first-order chi connectivity index (χ1) is 10.2. The third kappa shape index (κ3) is 3.24. The Hall–Kier alpha value is -1.88. The van der Waals surface area contributed by atoms with Crippen molar-refractivity contribution in [3.05, 3.63) is 29.8 Å². The zero-order valence-electron chi connectivity index (χ0n) is 12.1. The van der Waals surface area contributed by atoms with Crippen LogP contribution in [0.1, 0.15) is 36.0 Å². The molecule has 1 atom stereocenters. The smallest absolute Gasteiger partial charge is 0.251 e. The molecular formula is C16H21N3O2. The topological polar surface area (TPSA) is 61.4 Å². The van der Waals surface area contributed by atoms with Gasteiger partial charge in [0.1, 0.15) is 0 Å². The van der Waals surface area contributed by atoms with Crippen LogP contribution in [0.25, 0.3) is 0 Å². The first-order valence-corrected chi connectivity index (χ1v) is 7.66. The SMILES string of the molecule is O=C(N[C@H]1CCCNC1)c1ccc(N2CCCC2=O)cc1. The average molecular weight is 287 g/mol. The number of benzene rings is 1. The lowest BCUT2D eigenvalue weighted by Gasteiger charge is -2.24. The van der Waals surface area contributed by atoms with Gasteiger partial charge in [0, 0.05) is 36.8 Å². The van der Waals surface area contributed by atoms with Gasteiger partial charge in [-0.1, -0.05) is 0 Å². The molecule has 2 aliphatic rings. The summed E-state index contributed by atoms with van der Waals surface area (Å²) in [6.45, 7) is 2.65. The van der Waals surface area contributed by atoms with E-state index in [0.717, 1.165) is 44.6 Å². The first-order valence-electron chi connectivity index (χ1n) is 7.66. The molecule has 2 N–H and O–H groups in total. The van der Waals surface area contributed by atoms with Crippen LogP contribution in [0.3, 0.4) is 0 Å². The van der Waals surface area contributed by atoms with E-state index in [1.807, 2.05) is 12.1 Å². The number of amides is 2. The predicted molar refractivity (Wildman–Crippen MR) is 81.4 cm³/mol. The second-order valence-electron chi connectivity index (χ2n) is 5.71. The quantitative estimate of drug-likeness (QED) is 0.881. The lowest BCUT2D eigenvalue weighted by atomic mass is 10.1. The Balaban J connectivity index is 1.63. The van der Waals surface area contributed by atoms with Gasteiger partial charge in [-0.25, -0.2) is 0 Å². The molecule has 2 aliphatic heterocycles. The molecule has 0 radical (unpaired) electrons. The summed E-state index contributed by atoms with van der Waals surface area (Å²) in [6.07, 6.45) is 3.66. The van der Waals surface area contributed by atoms with Crippen LogP contribution in [0.5, 0.6) is 0 Å². The minimum atomic E-state index is -0.0389. The van der Waals surface area contributed by atoms with Crippen molar-refractivity contribution in [1.82, 2.24) is 10.6 Å². The molecule has 0 spiro atoms. The maximum atomic E-state index is 12.2. The summed E-state index contributed by atoms with van der Waals surface area (Å²) in [7, 11) is 0. The van der Waals surface area contributed by atoms with E-state index >= 15 is 0 Å². The minimum Gasteiger partial charge on any atom is -0.348 e. The van der Waals surface area contributed by atoms with Crippen molar-refractivity contribution in [2.75, 3.05) is 24.5 Å². The van der Waals surface area contributed by atoms with Crippen LogP contribution in [-0.2, 0) is 4.79 Å². The third-order valence-electron chi connectivity index (χ3n) is 4.15. The van der Waals surface area contributed by atoms with E-state index in [1.54, 1.807) is 17.0 Å². The Morgan fingerprint density at radius 1 is 1.24 bits per heavy atom. The molecular weight excluding hydrogens is 266 g/mol. The Morgan fingerprint density at radius 2 is 2.05 bits per heavy atom. The lowest BCUT2D eigenvalue weighted by molar-refractivity contribution is -0.117. The van der Waals surface area contributed by atoms with Gasteiger partial charge in [-0.05, 0) is 50.1 Å². The highest BCUT2D eigenvalue weighted by Crippen LogP contribution is 2.21. The van der Waals surface area contributed by atoms with Crippen LogP contribution >= 0.6 is 0 Å². The standard InChI is InChI=1S/C16H21N3O2/c20-15-4-2-10-19(15)14-7-5-12(6-8-14)16(21)18-13-3-1-9-17-11-13/h5-8,13,17H,1-4,9-11H2,(H,18,21)/t13-/m0/s1. The van der Waals surface area contributed by atoms with Crippen LogP contribution in [0.2, 0.25) is 0 Å². The number of nitrogens with one attached hydrogen (secondary N) is 2. The van der Waals surface area contributed by atoms with Crippen LogP contribution in [0.4, 0.5) is 5.69 Å². The summed E-state index contributed by atoms with van der Waals surface area (Å²) >= 11 is 0. The number of hydrogen-bond acceptors (Lipinski definition) is 3. The number of nitrogens with zero attached hydrogens (tertiary/aromatic N) is 1. The molecule has 5 nitrogen and oxygen atoms in total. The van der Waals surface area contributed by atoms with E-state index in [1.165, 1.54) is 0 Å². The predicted octanol–water partition coefficient (Wildman–Crippen LogP) is 1.30. The molecule has 1 aromatic carbocycles. The molecule has 2 heterocycles. The molecule has 2 fully saturated rings. The summed E-state index contributed by atoms with van der Waals surface area (Å²) in [5, 5.41) is 6.33. The second-order valence-corrected chi connectivity index (χ2v) is 5.71. The van der Waals surface area contributed by atoms with Gasteiger partial charge in [0.2, 0.25) is 5.91 Å². The number of carbonyl (C=O) groups is 2. The fourth-order valence-electron chi connectivity index (χ4n) is 2.96. The molecule has 1 aromatic rings. The number of rotatable bonds is 3. The monoisotopic (exact) mass is 287 g/mol. The largest absolute Gasteiger partial charge is 0.348 e. The highest BCUT2D eigenvalue weighted by molar-refractivity contribution is 5.97. The van der Waals surface area contributed by atoms with Crippen molar-refractivity contribution in [3.63, 3.8) is 0 Å². The first kappa shape index (κ1) is 14.1. The van der Waals surface area contributed by atoms with Crippen LogP contribution < -0.4 is 15.5 Å². The van der Waals surface area contributed by atoms with Gasteiger partial charge in [-0.15, -0.1) is 0 Å². The van der Waals surface area contributed by atoms with Gasteiger partial charge in [-0.3, -0.25) is 9.59 Å². The molecule has 0 aliphatic carbocycles. The van der Waals surface area contributed by atoms with Gasteiger partial charge in [-0.2, -0.15) is 0 Å². The van der Waals surface area contributed by atoms with Gasteiger partial charge in [0.05, 0.1) is 0 Å². The van der Waals surface area contributed by atoms with Crippen LogP contribution in [0.15, 0.2) is 24.3 Å². The van der Waals surface area contributed by atoms with E-state index in [2.05, 4.69) is 10.6 Å². The number of hydrogen-bond donors (Lipinski definition) is 2. The Morgan fingerprint density at radius 3 is 2.67 bits per heavy atom. The van der Waals surface area contributed by atoms with E-state index < -0.39 is 0 Å². The summed E-state index contributed by atoms with van der Waals surface area (Å²) in [4.78, 5) is 25.7. The van der Waals surface area contributed by atoms with Crippen molar-refractivity contribution in [2.45, 2.75) is 31.7 Å². The van der Waals surface area contributed by atoms with E-state index in [-0.39, 0.29) is 17.9 Å². The molecule has 21 heavy (non-hydrogen) atoms. The van der Waals surface area contributed by atoms with Gasteiger partial charge in [0.15, 0.2) is 0 Å². The van der Waals surface area contributed by atoms with Crippen LogP contribution in [0, 0.1) is 0 Å². The Kier molecular flexibility index (Phi) is 4.20. The molecule has 0 bridgehead atoms. The molecule has 5 heteroatoms. The van der Waals surface area contributed by atoms with E-state index in [9.17, 15) is 9.59 Å². The number of anilines is 1. The van der Waals surface area contributed by atoms with Crippen molar-refractivity contribution >= 4 is 17.5 Å². The highest BCUT2D eigenvalue weighted by Gasteiger charge is 2.22. The number of piperidine rings is 1. The zero-order chi connectivity index (χ0) is 14.7. The molecule has 0 unspecified atom stereocenters. The van der Waals surface area contributed by atoms with Crippen molar-refractivity contribution in [1.29, 1.82) is 0 Å². The third-order valence-corrected chi connectivity index (χ3v) is 4.15. The normalized spacial score (nSPS) is 22.4. The maximum Gasteiger partial charge on any atom is 0.251 e. The lowest BCUT2D eigenvalue weighted by Crippen LogP contribution is -2.45. The Labute approximate surface area is 124 Å². The molecule has 3 rings (SSSR count). The fraction of sp³-hybridized carbons (Fsp3) is 0.500. The van der Waals surface area contributed by atoms with Crippen LogP contribution in [-0.4, -0.2) is 37.5 Å². The molecule has 2 saturated heterocycles. The summed E-state index contributed by atoms with van der Waals surface area (Å²) in [5.74, 6) is 0.128. The Bertz CT molecular complexity index is 521. The zero-order valence-corrected chi connectivity index (χ0v) is 12.1. The van der Waals surface area contributed by atoms with Crippen molar-refractivity contribution in [2.24, 2.45) is 0 Å². The highest BCUT2D eigenvalue weighted by atomic mass is 16.2. The molecule has 0 aromatic heterocycles. The van der Waals surface area contributed by atoms with Gasteiger partial charge < -0.3 is 15.5 Å². The summed E-state index contributed by atoms with van der Waals surface area (Å²) in [6, 6.07) is 7.53. The van der Waals surface area contributed by atoms with Gasteiger partial charge >= 0.3 is 0 Å². The molecule has 0 saturated carbocycles. The molecule has 2 amide bonds. The number of carbonyl (C=O) groups excluding carboxylic acids is 2. The summed E-state index contributed by atoms with van der Waals surface area (Å²) in [5.41, 5.74) is 1.53. The fourth-order valence-corrected chi connectivity index (χ4v) is 2.96. The van der Waals surface area contributed by atoms with Gasteiger partial charge in [0.25, 0.3) is 5.91 Å². The second kappa shape index (κ2) is 6.26. The van der Waals surface area contributed by atoms with Crippen molar-refractivity contribution in [3.8, 4) is 0 Å². The van der Waals surface area contributed by atoms with E-state index in [0.29, 0.717) is 12.0 Å². The minimum absolute atomic E-state index is 0.0389.